The fourth-order valence-electron chi connectivity index (χ4n) is 2.83. The van der Waals surface area contributed by atoms with Crippen molar-refractivity contribution in [2.45, 2.75) is 77.7 Å². The lowest BCUT2D eigenvalue weighted by molar-refractivity contribution is -0.146. The van der Waals surface area contributed by atoms with E-state index in [2.05, 4.69) is 18.8 Å². The van der Waals surface area contributed by atoms with Crippen molar-refractivity contribution in [3.05, 3.63) is 12.7 Å². The molecule has 1 rings (SSSR count). The Morgan fingerprint density at radius 2 is 2.14 bits per heavy atom. The third-order valence-electron chi connectivity index (χ3n) is 4.11. The maximum Gasteiger partial charge on any atom is 0.302 e. The summed E-state index contributed by atoms with van der Waals surface area (Å²) in [7, 11) is 0. The van der Waals surface area contributed by atoms with Crippen molar-refractivity contribution in [2.75, 3.05) is 0 Å². The first-order valence-electron chi connectivity index (χ1n) is 8.06. The maximum atomic E-state index is 12.0. The zero-order valence-electron chi connectivity index (χ0n) is 14.1. The van der Waals surface area contributed by atoms with E-state index in [0.29, 0.717) is 18.8 Å². The molecule has 0 aliphatic carbocycles. The van der Waals surface area contributed by atoms with Crippen LogP contribution in [0.3, 0.4) is 0 Å². The molecular weight excluding hydrogens is 282 g/mol. The minimum atomic E-state index is -0.315. The maximum absolute atomic E-state index is 12.0. The van der Waals surface area contributed by atoms with Crippen LogP contribution in [-0.4, -0.2) is 36.2 Å². The van der Waals surface area contributed by atoms with E-state index in [-0.39, 0.29) is 36.2 Å². The number of carbonyl (C=O) groups excluding carboxylic acids is 2. The van der Waals surface area contributed by atoms with Crippen molar-refractivity contribution in [1.29, 1.82) is 0 Å². The minimum Gasteiger partial charge on any atom is -0.463 e. The first-order chi connectivity index (χ1) is 10.3. The number of esters is 1. The highest BCUT2D eigenvalue weighted by molar-refractivity contribution is 5.76. The number of ether oxygens (including phenoxy) is 2. The van der Waals surface area contributed by atoms with Gasteiger partial charge in [0.05, 0.1) is 24.4 Å². The highest BCUT2D eigenvalue weighted by Gasteiger charge is 2.33. The molecule has 0 aromatic rings. The van der Waals surface area contributed by atoms with Gasteiger partial charge in [0.2, 0.25) is 5.91 Å². The van der Waals surface area contributed by atoms with E-state index in [4.69, 9.17) is 9.47 Å². The van der Waals surface area contributed by atoms with E-state index >= 15 is 0 Å². The number of nitrogens with one attached hydrogen (secondary N) is 1. The van der Waals surface area contributed by atoms with Crippen LogP contribution < -0.4 is 5.32 Å². The summed E-state index contributed by atoms with van der Waals surface area (Å²) in [6.45, 7) is 11.1. The number of hydrogen-bond donors (Lipinski definition) is 1. The Hall–Kier alpha value is -1.36. The van der Waals surface area contributed by atoms with Gasteiger partial charge in [-0.05, 0) is 39.0 Å². The van der Waals surface area contributed by atoms with Crippen molar-refractivity contribution in [1.82, 2.24) is 5.32 Å². The number of carbonyl (C=O) groups is 2. The lowest BCUT2D eigenvalue weighted by Crippen LogP contribution is -2.50. The van der Waals surface area contributed by atoms with E-state index in [1.54, 1.807) is 6.92 Å². The molecule has 5 atom stereocenters. The lowest BCUT2D eigenvalue weighted by atomic mass is 9.88. The number of rotatable bonds is 7. The second-order valence-corrected chi connectivity index (χ2v) is 6.25. The van der Waals surface area contributed by atoms with Crippen molar-refractivity contribution in [3.63, 3.8) is 0 Å². The molecule has 0 radical (unpaired) electrons. The zero-order valence-corrected chi connectivity index (χ0v) is 14.1. The summed E-state index contributed by atoms with van der Waals surface area (Å²) < 4.78 is 11.0. The Labute approximate surface area is 133 Å². The van der Waals surface area contributed by atoms with Gasteiger partial charge in [0.15, 0.2) is 0 Å². The van der Waals surface area contributed by atoms with Gasteiger partial charge in [0.25, 0.3) is 0 Å². The number of hydrogen-bond acceptors (Lipinski definition) is 4. The van der Waals surface area contributed by atoms with Crippen LogP contribution in [0.25, 0.3) is 0 Å². The molecule has 1 fully saturated rings. The molecule has 1 aliphatic heterocycles. The van der Waals surface area contributed by atoms with Crippen LogP contribution in [0.4, 0.5) is 0 Å². The van der Waals surface area contributed by atoms with Gasteiger partial charge in [0.1, 0.15) is 0 Å². The second kappa shape index (κ2) is 8.93. The summed E-state index contributed by atoms with van der Waals surface area (Å²) in [5.41, 5.74) is 0. The Morgan fingerprint density at radius 1 is 1.45 bits per heavy atom. The molecular formula is C17H29NO4. The average Bonchev–Trinajstić information content (AvgIpc) is 2.41. The molecule has 0 bridgehead atoms. The average molecular weight is 311 g/mol. The Morgan fingerprint density at radius 3 is 2.73 bits per heavy atom. The van der Waals surface area contributed by atoms with Crippen LogP contribution in [0.1, 0.15) is 53.4 Å². The summed E-state index contributed by atoms with van der Waals surface area (Å²) >= 11 is 0. The van der Waals surface area contributed by atoms with Gasteiger partial charge in [-0.15, -0.1) is 6.58 Å². The molecule has 1 saturated heterocycles. The first-order valence-corrected chi connectivity index (χ1v) is 8.06. The Kier molecular flexibility index (Phi) is 7.59. The van der Waals surface area contributed by atoms with E-state index in [0.717, 1.165) is 12.8 Å². The topological polar surface area (TPSA) is 64.6 Å². The van der Waals surface area contributed by atoms with E-state index in [9.17, 15) is 9.59 Å². The zero-order chi connectivity index (χ0) is 16.7. The van der Waals surface area contributed by atoms with Gasteiger partial charge in [-0.3, -0.25) is 9.59 Å². The Bertz CT molecular complexity index is 396. The van der Waals surface area contributed by atoms with Crippen LogP contribution in [0.15, 0.2) is 12.7 Å². The van der Waals surface area contributed by atoms with Crippen LogP contribution >= 0.6 is 0 Å². The lowest BCUT2D eigenvalue weighted by Gasteiger charge is -2.39. The first kappa shape index (κ1) is 18.7. The summed E-state index contributed by atoms with van der Waals surface area (Å²) in [5.74, 6) is 0.0533. The van der Waals surface area contributed by atoms with Crippen molar-refractivity contribution < 1.29 is 19.1 Å². The fraction of sp³-hybridized carbons (Fsp3) is 0.765. The van der Waals surface area contributed by atoms with E-state index < -0.39 is 0 Å². The van der Waals surface area contributed by atoms with Crippen molar-refractivity contribution >= 4 is 11.9 Å². The summed E-state index contributed by atoms with van der Waals surface area (Å²) in [4.78, 5) is 22.9. The minimum absolute atomic E-state index is 0.00371. The van der Waals surface area contributed by atoms with E-state index in [1.165, 1.54) is 6.92 Å². The molecule has 5 nitrogen and oxygen atoms in total. The SMILES string of the molecule is C=CC[C@@H]1O[C@H](C)[C@H](NC(=O)CCC(C)OC(C)=O)C[C@@H]1C. The summed E-state index contributed by atoms with van der Waals surface area (Å²) in [6, 6.07) is 0.0348. The molecule has 1 unspecified atom stereocenters. The van der Waals surface area contributed by atoms with Gasteiger partial charge in [0, 0.05) is 13.3 Å². The number of amides is 1. The molecule has 5 heteroatoms. The molecule has 22 heavy (non-hydrogen) atoms. The fourth-order valence-corrected chi connectivity index (χ4v) is 2.83. The van der Waals surface area contributed by atoms with Gasteiger partial charge < -0.3 is 14.8 Å². The summed E-state index contributed by atoms with van der Waals surface area (Å²) in [5, 5.41) is 3.04. The van der Waals surface area contributed by atoms with Gasteiger partial charge >= 0.3 is 5.97 Å². The monoisotopic (exact) mass is 311 g/mol. The normalized spacial score (nSPS) is 29.5. The van der Waals surface area contributed by atoms with Gasteiger partial charge in [-0.25, -0.2) is 0 Å². The van der Waals surface area contributed by atoms with Gasteiger partial charge in [-0.2, -0.15) is 0 Å². The summed E-state index contributed by atoms with van der Waals surface area (Å²) in [6.07, 6.45) is 4.45. The molecule has 1 heterocycles. The Balaban J connectivity index is 2.38. The molecule has 0 saturated carbocycles. The standard InChI is InChI=1S/C17H29NO4/c1-6-7-16-11(2)10-15(13(4)22-16)18-17(20)9-8-12(3)21-14(5)19/h6,11-13,15-16H,1,7-10H2,2-5H3,(H,18,20)/t11-,12?,13+,15+,16-/m0/s1. The smallest absolute Gasteiger partial charge is 0.302 e. The predicted molar refractivity (Wildman–Crippen MR) is 85.3 cm³/mol. The third-order valence-corrected chi connectivity index (χ3v) is 4.11. The van der Waals surface area contributed by atoms with Crippen LogP contribution in [0.5, 0.6) is 0 Å². The van der Waals surface area contributed by atoms with Gasteiger partial charge in [-0.1, -0.05) is 13.0 Å². The molecule has 1 amide bonds. The molecule has 0 aromatic heterocycles. The largest absolute Gasteiger partial charge is 0.463 e. The molecule has 1 aliphatic rings. The molecule has 0 aromatic carbocycles. The van der Waals surface area contributed by atoms with Crippen LogP contribution in [0.2, 0.25) is 0 Å². The third kappa shape index (κ3) is 6.18. The second-order valence-electron chi connectivity index (χ2n) is 6.25. The highest BCUT2D eigenvalue weighted by atomic mass is 16.5. The quantitative estimate of drug-likeness (QED) is 0.580. The van der Waals surface area contributed by atoms with Crippen molar-refractivity contribution in [2.24, 2.45) is 5.92 Å². The van der Waals surface area contributed by atoms with E-state index in [1.807, 2.05) is 13.0 Å². The predicted octanol–water partition coefficient (Wildman–Crippen LogP) is 2.59. The molecule has 0 spiro atoms. The highest BCUT2D eigenvalue weighted by Crippen LogP contribution is 2.27. The van der Waals surface area contributed by atoms with Crippen LogP contribution in [-0.2, 0) is 19.1 Å². The van der Waals surface area contributed by atoms with Crippen molar-refractivity contribution in [3.8, 4) is 0 Å². The molecule has 1 N–H and O–H groups in total. The molecule has 126 valence electrons. The van der Waals surface area contributed by atoms with Crippen LogP contribution in [0, 0.1) is 5.92 Å².